The van der Waals surface area contributed by atoms with Gasteiger partial charge < -0.3 is 19.4 Å². The monoisotopic (exact) mass is 392 g/mol. The molecule has 1 N–H and O–H groups in total. The molecule has 0 heterocycles. The Balaban J connectivity index is 2.37. The van der Waals surface area contributed by atoms with Gasteiger partial charge in [0.25, 0.3) is 0 Å². The molecule has 0 saturated heterocycles. The third kappa shape index (κ3) is 5.45. The molecule has 0 radical (unpaired) electrons. The second-order valence-corrected chi connectivity index (χ2v) is 7.62. The summed E-state index contributed by atoms with van der Waals surface area (Å²) in [5.74, 6) is -0.510. The lowest BCUT2D eigenvalue weighted by Gasteiger charge is -2.21. The van der Waals surface area contributed by atoms with Gasteiger partial charge in [0.05, 0.1) is 24.7 Å². The fourth-order valence-electron chi connectivity index (χ4n) is 2.54. The molecule has 0 bridgehead atoms. The number of aryl methyl sites for hydroxylation is 1. The Bertz CT molecular complexity index is 893. The van der Waals surface area contributed by atoms with Crippen LogP contribution in [0.2, 0.25) is 0 Å². The van der Waals surface area contributed by atoms with Crippen LogP contribution in [-0.4, -0.2) is 28.1 Å². The molecule has 146 valence electrons. The highest BCUT2D eigenvalue weighted by molar-refractivity contribution is 7.89. The average Bonchev–Trinajstić information content (AvgIpc) is 2.61. The van der Waals surface area contributed by atoms with E-state index in [1.54, 1.807) is 30.3 Å². The van der Waals surface area contributed by atoms with Crippen molar-refractivity contribution in [1.29, 1.82) is 0 Å². The highest BCUT2D eigenvalue weighted by Gasteiger charge is 2.23. The van der Waals surface area contributed by atoms with Gasteiger partial charge in [-0.05, 0) is 43.7 Å². The number of carboxylic acid groups (broad SMARTS) is 1. The van der Waals surface area contributed by atoms with Gasteiger partial charge in [0, 0.05) is 12.4 Å². The van der Waals surface area contributed by atoms with E-state index in [1.807, 2.05) is 13.8 Å². The number of nitrogens with one attached hydrogen (secondary N) is 1. The molecular weight excluding hydrogens is 370 g/mol. The summed E-state index contributed by atoms with van der Waals surface area (Å²) < 4.78 is 38.4. The van der Waals surface area contributed by atoms with E-state index in [0.29, 0.717) is 23.7 Å². The first kappa shape index (κ1) is 20.7. The zero-order valence-electron chi connectivity index (χ0n) is 15.4. The van der Waals surface area contributed by atoms with Crippen molar-refractivity contribution in [3.05, 3.63) is 53.6 Å². The minimum absolute atomic E-state index is 0.0503. The van der Waals surface area contributed by atoms with Crippen LogP contribution in [-0.2, 0) is 14.8 Å². The molecule has 0 aliphatic carbocycles. The molecule has 2 rings (SSSR count). The van der Waals surface area contributed by atoms with Crippen LogP contribution in [0.1, 0.15) is 30.5 Å². The Kier molecular flexibility index (Phi) is 6.81. The van der Waals surface area contributed by atoms with Gasteiger partial charge >= 0.3 is 0 Å². The maximum absolute atomic E-state index is 12.7. The van der Waals surface area contributed by atoms with E-state index in [2.05, 4.69) is 4.72 Å². The quantitative estimate of drug-likeness (QED) is 0.694. The first-order chi connectivity index (χ1) is 12.8. The largest absolute Gasteiger partial charge is 0.550 e. The minimum Gasteiger partial charge on any atom is -0.550 e. The summed E-state index contributed by atoms with van der Waals surface area (Å²) in [6, 6.07) is 10.0. The van der Waals surface area contributed by atoms with Crippen molar-refractivity contribution in [2.24, 2.45) is 0 Å². The molecule has 0 spiro atoms. The van der Waals surface area contributed by atoms with Gasteiger partial charge in [-0.3, -0.25) is 0 Å². The molecule has 2 aromatic carbocycles. The second-order valence-electron chi connectivity index (χ2n) is 5.91. The number of sulfonamides is 1. The number of carbonyl (C=O) groups is 1. The van der Waals surface area contributed by atoms with Crippen molar-refractivity contribution in [3.8, 4) is 11.5 Å². The number of methoxy groups -OCH3 is 1. The zero-order chi connectivity index (χ0) is 20.0. The third-order valence-corrected chi connectivity index (χ3v) is 5.38. The van der Waals surface area contributed by atoms with Crippen LogP contribution in [0, 0.1) is 6.92 Å². The van der Waals surface area contributed by atoms with Crippen molar-refractivity contribution in [2.45, 2.75) is 31.2 Å². The van der Waals surface area contributed by atoms with Crippen LogP contribution in [0.15, 0.2) is 47.4 Å². The summed E-state index contributed by atoms with van der Waals surface area (Å²) in [6.07, 6.45) is -0.526. The van der Waals surface area contributed by atoms with E-state index in [-0.39, 0.29) is 4.90 Å². The molecule has 0 aliphatic heterocycles. The normalized spacial score (nSPS) is 12.4. The fourth-order valence-corrected chi connectivity index (χ4v) is 3.77. The van der Waals surface area contributed by atoms with Gasteiger partial charge in [-0.2, -0.15) is 0 Å². The van der Waals surface area contributed by atoms with Crippen molar-refractivity contribution < 1.29 is 27.8 Å². The predicted octanol–water partition coefficient (Wildman–Crippen LogP) is 1.56. The van der Waals surface area contributed by atoms with Gasteiger partial charge in [-0.25, -0.2) is 13.1 Å². The molecular formula is C19H22NO6S-. The van der Waals surface area contributed by atoms with Crippen molar-refractivity contribution in [2.75, 3.05) is 13.7 Å². The summed E-state index contributed by atoms with van der Waals surface area (Å²) in [5.41, 5.74) is 1.34. The Labute approximate surface area is 159 Å². The van der Waals surface area contributed by atoms with Gasteiger partial charge in [0.2, 0.25) is 10.0 Å². The smallest absolute Gasteiger partial charge is 0.241 e. The highest BCUT2D eigenvalue weighted by atomic mass is 32.2. The molecule has 0 amide bonds. The molecule has 27 heavy (non-hydrogen) atoms. The number of ether oxygens (including phenoxy) is 2. The van der Waals surface area contributed by atoms with E-state index in [4.69, 9.17) is 9.47 Å². The standard InChI is InChI=1S/C19H23NO6S/c1-4-26-17-10-7-14(11-18(17)25-3)16(12-19(21)22)20-27(23,24)15-8-5-13(2)6-9-15/h5-11,16,20H,4,12H2,1-3H3,(H,21,22)/p-1. The third-order valence-electron chi connectivity index (χ3n) is 3.89. The molecule has 0 saturated carbocycles. The lowest BCUT2D eigenvalue weighted by molar-refractivity contribution is -0.306. The Morgan fingerprint density at radius 1 is 1.15 bits per heavy atom. The summed E-state index contributed by atoms with van der Waals surface area (Å²) in [6.45, 7) is 4.09. The number of carbonyl (C=O) groups excluding carboxylic acids is 1. The molecule has 1 unspecified atom stereocenters. The first-order valence-electron chi connectivity index (χ1n) is 8.36. The molecule has 0 aliphatic rings. The zero-order valence-corrected chi connectivity index (χ0v) is 16.2. The van der Waals surface area contributed by atoms with Crippen molar-refractivity contribution in [1.82, 2.24) is 4.72 Å². The van der Waals surface area contributed by atoms with Crippen LogP contribution in [0.5, 0.6) is 11.5 Å². The number of hydrogen-bond acceptors (Lipinski definition) is 6. The topological polar surface area (TPSA) is 105 Å². The molecule has 0 fully saturated rings. The maximum Gasteiger partial charge on any atom is 0.241 e. The Hall–Kier alpha value is -2.58. The molecule has 0 aromatic heterocycles. The number of hydrogen-bond donors (Lipinski definition) is 1. The SMILES string of the molecule is CCOc1ccc(C(CC(=O)[O-])NS(=O)(=O)c2ccc(C)cc2)cc1OC. The maximum atomic E-state index is 12.7. The number of aliphatic carboxylic acids is 1. The molecule has 2 aromatic rings. The van der Waals surface area contributed by atoms with E-state index >= 15 is 0 Å². The predicted molar refractivity (Wildman–Crippen MR) is 98.0 cm³/mol. The summed E-state index contributed by atoms with van der Waals surface area (Å²) in [4.78, 5) is 11.2. The number of carboxylic acids is 1. The Morgan fingerprint density at radius 3 is 2.37 bits per heavy atom. The Morgan fingerprint density at radius 2 is 1.81 bits per heavy atom. The average molecular weight is 392 g/mol. The fraction of sp³-hybridized carbons (Fsp3) is 0.316. The lowest BCUT2D eigenvalue weighted by Crippen LogP contribution is -2.34. The van der Waals surface area contributed by atoms with E-state index in [9.17, 15) is 18.3 Å². The van der Waals surface area contributed by atoms with Gasteiger partial charge in [0.15, 0.2) is 11.5 Å². The van der Waals surface area contributed by atoms with Crippen molar-refractivity contribution >= 4 is 16.0 Å². The number of benzene rings is 2. The highest BCUT2D eigenvalue weighted by Crippen LogP contribution is 2.32. The van der Waals surface area contributed by atoms with Gasteiger partial charge in [-0.1, -0.05) is 23.8 Å². The minimum atomic E-state index is -3.92. The van der Waals surface area contributed by atoms with Gasteiger partial charge in [-0.15, -0.1) is 0 Å². The number of rotatable bonds is 9. The van der Waals surface area contributed by atoms with Crippen LogP contribution >= 0.6 is 0 Å². The van der Waals surface area contributed by atoms with E-state index in [1.165, 1.54) is 19.2 Å². The lowest BCUT2D eigenvalue weighted by atomic mass is 10.0. The van der Waals surface area contributed by atoms with Crippen LogP contribution in [0.25, 0.3) is 0 Å². The van der Waals surface area contributed by atoms with Crippen molar-refractivity contribution in [3.63, 3.8) is 0 Å². The van der Waals surface area contributed by atoms with Crippen LogP contribution in [0.4, 0.5) is 0 Å². The summed E-state index contributed by atoms with van der Waals surface area (Å²) in [5, 5.41) is 11.2. The second kappa shape index (κ2) is 8.88. The van der Waals surface area contributed by atoms with Gasteiger partial charge in [0.1, 0.15) is 0 Å². The van der Waals surface area contributed by atoms with E-state index in [0.717, 1.165) is 5.56 Å². The molecule has 1 atom stereocenters. The van der Waals surface area contributed by atoms with E-state index < -0.39 is 28.5 Å². The summed E-state index contributed by atoms with van der Waals surface area (Å²) in [7, 11) is -2.47. The van der Waals surface area contributed by atoms with Crippen LogP contribution < -0.4 is 19.3 Å². The molecule has 8 heteroatoms. The summed E-state index contributed by atoms with van der Waals surface area (Å²) >= 11 is 0. The first-order valence-corrected chi connectivity index (χ1v) is 9.84. The molecule has 7 nitrogen and oxygen atoms in total. The van der Waals surface area contributed by atoms with Crippen LogP contribution in [0.3, 0.4) is 0 Å².